The molecule has 1 aromatic rings. The van der Waals surface area contributed by atoms with E-state index in [-0.39, 0.29) is 21.7 Å². The highest BCUT2D eigenvalue weighted by atomic mass is 32.2. The summed E-state index contributed by atoms with van der Waals surface area (Å²) in [6.07, 6.45) is 0.831. The van der Waals surface area contributed by atoms with Gasteiger partial charge in [0.1, 0.15) is 5.69 Å². The highest BCUT2D eigenvalue weighted by Gasteiger charge is 2.23. The number of nitrogens with zero attached hydrogens (tertiary/aromatic N) is 1. The fourth-order valence-electron chi connectivity index (χ4n) is 1.54. The number of nitro benzene ring substituents is 1. The van der Waals surface area contributed by atoms with Gasteiger partial charge in [0.15, 0.2) is 0 Å². The molecule has 0 saturated carbocycles. The molecule has 0 amide bonds. The zero-order valence-electron chi connectivity index (χ0n) is 12.6. The second-order valence-corrected chi connectivity index (χ2v) is 7.30. The van der Waals surface area contributed by atoms with Crippen molar-refractivity contribution in [2.75, 3.05) is 18.9 Å². The first-order valence-electron chi connectivity index (χ1n) is 6.59. The highest BCUT2D eigenvalue weighted by molar-refractivity contribution is 7.89. The van der Waals surface area contributed by atoms with Gasteiger partial charge in [0.2, 0.25) is 10.0 Å². The van der Waals surface area contributed by atoms with Crippen LogP contribution in [0.2, 0.25) is 0 Å². The molecule has 0 spiro atoms. The summed E-state index contributed by atoms with van der Waals surface area (Å²) in [5.74, 6) is 0. The number of rotatable bonds is 7. The highest BCUT2D eigenvalue weighted by Crippen LogP contribution is 2.27. The standard InChI is InChI=1S/C13H21N3O4S/c1-5-13(2,3)9-15-21(19,20)10-6-7-12(16(17)18)11(8-10)14-4/h6-8,14-15H,5,9H2,1-4H3. The topological polar surface area (TPSA) is 101 Å². The molecule has 0 aliphatic heterocycles. The van der Waals surface area contributed by atoms with E-state index in [2.05, 4.69) is 10.0 Å². The Morgan fingerprint density at radius 1 is 1.33 bits per heavy atom. The molecule has 0 aliphatic carbocycles. The van der Waals surface area contributed by atoms with Crippen LogP contribution in [0.5, 0.6) is 0 Å². The van der Waals surface area contributed by atoms with Crippen molar-refractivity contribution in [1.29, 1.82) is 0 Å². The van der Waals surface area contributed by atoms with E-state index in [0.29, 0.717) is 6.54 Å². The molecule has 0 fully saturated rings. The van der Waals surface area contributed by atoms with Crippen LogP contribution >= 0.6 is 0 Å². The molecule has 0 bridgehead atoms. The van der Waals surface area contributed by atoms with Gasteiger partial charge in [0, 0.05) is 19.7 Å². The van der Waals surface area contributed by atoms with Crippen molar-refractivity contribution in [2.45, 2.75) is 32.1 Å². The summed E-state index contributed by atoms with van der Waals surface area (Å²) in [4.78, 5) is 10.3. The fourth-order valence-corrected chi connectivity index (χ4v) is 2.81. The Hall–Kier alpha value is -1.67. The van der Waals surface area contributed by atoms with Gasteiger partial charge in [-0.05, 0) is 24.0 Å². The Bertz CT molecular complexity index is 626. The molecule has 0 aromatic heterocycles. The molecule has 0 radical (unpaired) electrons. The van der Waals surface area contributed by atoms with Gasteiger partial charge in [0.25, 0.3) is 5.69 Å². The van der Waals surface area contributed by atoms with E-state index in [1.54, 1.807) is 0 Å². The molecule has 118 valence electrons. The minimum atomic E-state index is -3.69. The van der Waals surface area contributed by atoms with Crippen molar-refractivity contribution < 1.29 is 13.3 Å². The second kappa shape index (κ2) is 6.40. The van der Waals surface area contributed by atoms with Gasteiger partial charge in [-0.3, -0.25) is 10.1 Å². The predicted molar refractivity (Wildman–Crippen MR) is 81.9 cm³/mol. The van der Waals surface area contributed by atoms with Gasteiger partial charge in [-0.1, -0.05) is 20.8 Å². The Morgan fingerprint density at radius 3 is 2.43 bits per heavy atom. The van der Waals surface area contributed by atoms with Crippen molar-refractivity contribution in [3.8, 4) is 0 Å². The fraction of sp³-hybridized carbons (Fsp3) is 0.538. The van der Waals surface area contributed by atoms with E-state index < -0.39 is 14.9 Å². The Kier molecular flexibility index (Phi) is 5.30. The lowest BCUT2D eigenvalue weighted by molar-refractivity contribution is -0.384. The van der Waals surface area contributed by atoms with E-state index in [4.69, 9.17) is 0 Å². The summed E-state index contributed by atoms with van der Waals surface area (Å²) in [6.45, 7) is 6.21. The second-order valence-electron chi connectivity index (χ2n) is 5.53. The average Bonchev–Trinajstić information content (AvgIpc) is 2.44. The third kappa shape index (κ3) is 4.40. The van der Waals surface area contributed by atoms with Crippen LogP contribution < -0.4 is 10.0 Å². The summed E-state index contributed by atoms with van der Waals surface area (Å²) in [6, 6.07) is 3.69. The normalized spacial score (nSPS) is 12.2. The predicted octanol–water partition coefficient (Wildman–Crippen LogP) is 2.35. The molecule has 8 heteroatoms. The molecule has 1 aromatic carbocycles. The zero-order chi connectivity index (χ0) is 16.3. The Labute approximate surface area is 124 Å². The summed E-state index contributed by atoms with van der Waals surface area (Å²) in [5.41, 5.74) is -0.150. The number of hydrogen-bond acceptors (Lipinski definition) is 5. The SMILES string of the molecule is CCC(C)(C)CNS(=O)(=O)c1ccc([N+](=O)[O-])c(NC)c1. The zero-order valence-corrected chi connectivity index (χ0v) is 13.5. The van der Waals surface area contributed by atoms with Gasteiger partial charge < -0.3 is 5.32 Å². The van der Waals surface area contributed by atoms with Crippen molar-refractivity contribution in [2.24, 2.45) is 5.41 Å². The first kappa shape index (κ1) is 17.4. The lowest BCUT2D eigenvalue weighted by Gasteiger charge is -2.22. The van der Waals surface area contributed by atoms with Gasteiger partial charge in [-0.15, -0.1) is 0 Å². The molecule has 0 saturated heterocycles. The van der Waals surface area contributed by atoms with Crippen molar-refractivity contribution in [3.63, 3.8) is 0 Å². The maximum absolute atomic E-state index is 12.2. The number of sulfonamides is 1. The summed E-state index contributed by atoms with van der Waals surface area (Å²) in [5, 5.41) is 13.5. The summed E-state index contributed by atoms with van der Waals surface area (Å²) < 4.78 is 27.0. The molecule has 2 N–H and O–H groups in total. The van der Waals surface area contributed by atoms with Crippen LogP contribution in [0.4, 0.5) is 11.4 Å². The number of nitrogens with one attached hydrogen (secondary N) is 2. The van der Waals surface area contributed by atoms with E-state index >= 15 is 0 Å². The third-order valence-electron chi connectivity index (χ3n) is 3.44. The van der Waals surface area contributed by atoms with Gasteiger partial charge in [-0.2, -0.15) is 0 Å². The van der Waals surface area contributed by atoms with Crippen LogP contribution in [0, 0.1) is 15.5 Å². The minimum Gasteiger partial charge on any atom is -0.383 e. The molecule has 0 heterocycles. The molecule has 0 aliphatic rings. The van der Waals surface area contributed by atoms with Crippen molar-refractivity contribution in [3.05, 3.63) is 28.3 Å². The molecule has 21 heavy (non-hydrogen) atoms. The van der Waals surface area contributed by atoms with E-state index in [0.717, 1.165) is 6.42 Å². The van der Waals surface area contributed by atoms with Crippen molar-refractivity contribution in [1.82, 2.24) is 4.72 Å². The van der Waals surface area contributed by atoms with Crippen LogP contribution in [0.1, 0.15) is 27.2 Å². The monoisotopic (exact) mass is 315 g/mol. The lowest BCUT2D eigenvalue weighted by Crippen LogP contribution is -2.33. The first-order valence-corrected chi connectivity index (χ1v) is 8.07. The molecule has 0 atom stereocenters. The Balaban J connectivity index is 3.07. The molecular weight excluding hydrogens is 294 g/mol. The first-order chi connectivity index (χ1) is 9.63. The van der Waals surface area contributed by atoms with Crippen LogP contribution in [0.15, 0.2) is 23.1 Å². The van der Waals surface area contributed by atoms with Gasteiger partial charge in [-0.25, -0.2) is 13.1 Å². The van der Waals surface area contributed by atoms with E-state index in [1.165, 1.54) is 25.2 Å². The lowest BCUT2D eigenvalue weighted by atomic mass is 9.91. The Morgan fingerprint density at radius 2 is 1.95 bits per heavy atom. The maximum Gasteiger partial charge on any atom is 0.292 e. The number of benzene rings is 1. The summed E-state index contributed by atoms with van der Waals surface area (Å²) >= 11 is 0. The third-order valence-corrected chi connectivity index (χ3v) is 4.84. The number of anilines is 1. The van der Waals surface area contributed by atoms with Gasteiger partial charge >= 0.3 is 0 Å². The quantitative estimate of drug-likeness (QED) is 0.594. The largest absolute Gasteiger partial charge is 0.383 e. The molecule has 0 unspecified atom stereocenters. The number of nitro groups is 1. The average molecular weight is 315 g/mol. The van der Waals surface area contributed by atoms with E-state index in [9.17, 15) is 18.5 Å². The molecular formula is C13H21N3O4S. The van der Waals surface area contributed by atoms with Gasteiger partial charge in [0.05, 0.1) is 9.82 Å². The number of hydrogen-bond donors (Lipinski definition) is 2. The smallest absolute Gasteiger partial charge is 0.292 e. The summed E-state index contributed by atoms with van der Waals surface area (Å²) in [7, 11) is -2.18. The van der Waals surface area contributed by atoms with Crippen LogP contribution in [-0.2, 0) is 10.0 Å². The van der Waals surface area contributed by atoms with Crippen LogP contribution in [-0.4, -0.2) is 26.9 Å². The molecule has 1 rings (SSSR count). The van der Waals surface area contributed by atoms with Crippen LogP contribution in [0.25, 0.3) is 0 Å². The van der Waals surface area contributed by atoms with Crippen LogP contribution in [0.3, 0.4) is 0 Å². The minimum absolute atomic E-state index is 0.00403. The van der Waals surface area contributed by atoms with E-state index in [1.807, 2.05) is 20.8 Å². The maximum atomic E-state index is 12.2. The van der Waals surface area contributed by atoms with Crippen molar-refractivity contribution >= 4 is 21.4 Å². The molecule has 7 nitrogen and oxygen atoms in total.